The summed E-state index contributed by atoms with van der Waals surface area (Å²) in [6.07, 6.45) is 5.19. The molecule has 1 N–H and O–H groups in total. The molecule has 0 aromatic carbocycles. The minimum absolute atomic E-state index is 0.592. The summed E-state index contributed by atoms with van der Waals surface area (Å²) in [6, 6.07) is 2.05. The summed E-state index contributed by atoms with van der Waals surface area (Å²) in [4.78, 5) is 14.1. The largest absolute Gasteiger partial charge is 0.373 e. The summed E-state index contributed by atoms with van der Waals surface area (Å²) in [7, 11) is 4.06. The van der Waals surface area contributed by atoms with Crippen molar-refractivity contribution in [3.05, 3.63) is 11.9 Å². The Morgan fingerprint density at radius 3 is 2.70 bits per heavy atom. The highest BCUT2D eigenvalue weighted by Gasteiger charge is 2.27. The molecule has 0 bridgehead atoms. The van der Waals surface area contributed by atoms with E-state index in [2.05, 4.69) is 33.2 Å². The van der Waals surface area contributed by atoms with Gasteiger partial charge in [-0.2, -0.15) is 0 Å². The van der Waals surface area contributed by atoms with Gasteiger partial charge in [-0.05, 0) is 38.8 Å². The molecule has 1 saturated heterocycles. The Hall–Kier alpha value is -1.36. The number of anilines is 2. The van der Waals surface area contributed by atoms with E-state index in [0.29, 0.717) is 5.92 Å². The van der Waals surface area contributed by atoms with Gasteiger partial charge in [-0.3, -0.25) is 0 Å². The number of likely N-dealkylation sites (N-methyl/N-ethyl adjacent to an activating group) is 1. The molecule has 0 spiro atoms. The van der Waals surface area contributed by atoms with E-state index in [1.807, 2.05) is 7.05 Å². The lowest BCUT2D eigenvalue weighted by atomic mass is 10.3. The van der Waals surface area contributed by atoms with Gasteiger partial charge in [0.25, 0.3) is 0 Å². The number of aromatic nitrogens is 2. The first-order valence-electron chi connectivity index (χ1n) is 7.76. The van der Waals surface area contributed by atoms with E-state index in [0.717, 1.165) is 30.5 Å². The van der Waals surface area contributed by atoms with E-state index in [1.165, 1.54) is 38.8 Å². The van der Waals surface area contributed by atoms with Crippen LogP contribution in [0.3, 0.4) is 0 Å². The molecule has 5 heteroatoms. The summed E-state index contributed by atoms with van der Waals surface area (Å²) >= 11 is 0. The quantitative estimate of drug-likeness (QED) is 0.859. The molecule has 1 aromatic heterocycles. The van der Waals surface area contributed by atoms with Crippen molar-refractivity contribution in [2.24, 2.45) is 0 Å². The first-order chi connectivity index (χ1) is 9.76. The van der Waals surface area contributed by atoms with Crippen molar-refractivity contribution in [2.75, 3.05) is 50.5 Å². The predicted octanol–water partition coefficient (Wildman–Crippen LogP) is 1.93. The lowest BCUT2D eigenvalue weighted by molar-refractivity contribution is 0.346. The van der Waals surface area contributed by atoms with E-state index in [9.17, 15) is 0 Å². The Kier molecular flexibility index (Phi) is 4.05. The third-order valence-corrected chi connectivity index (χ3v) is 4.27. The molecule has 0 atom stereocenters. The number of nitrogens with one attached hydrogen (secondary N) is 1. The maximum Gasteiger partial charge on any atom is 0.136 e. The van der Waals surface area contributed by atoms with Gasteiger partial charge >= 0.3 is 0 Å². The SMILES string of the molecule is CNc1cc(N(C)CCN2CCCC2)nc(C2CC2)n1. The van der Waals surface area contributed by atoms with Gasteiger partial charge in [0.2, 0.25) is 0 Å². The monoisotopic (exact) mass is 275 g/mol. The minimum Gasteiger partial charge on any atom is -0.373 e. The molecule has 3 rings (SSSR count). The Bertz CT molecular complexity index is 452. The average Bonchev–Trinajstić information content (AvgIpc) is 3.21. The molecule has 0 radical (unpaired) electrons. The summed E-state index contributed by atoms with van der Waals surface area (Å²) < 4.78 is 0. The molecule has 20 heavy (non-hydrogen) atoms. The molecule has 0 unspecified atom stereocenters. The number of hydrogen-bond donors (Lipinski definition) is 1. The topological polar surface area (TPSA) is 44.3 Å². The molecule has 110 valence electrons. The number of hydrogen-bond acceptors (Lipinski definition) is 5. The Labute approximate surface area is 121 Å². The van der Waals surface area contributed by atoms with Crippen molar-refractivity contribution < 1.29 is 0 Å². The highest BCUT2D eigenvalue weighted by molar-refractivity contribution is 5.49. The van der Waals surface area contributed by atoms with Gasteiger partial charge in [-0.1, -0.05) is 0 Å². The van der Waals surface area contributed by atoms with Crippen LogP contribution >= 0.6 is 0 Å². The van der Waals surface area contributed by atoms with Crippen molar-refractivity contribution in [1.82, 2.24) is 14.9 Å². The van der Waals surface area contributed by atoms with E-state index < -0.39 is 0 Å². The summed E-state index contributed by atoms with van der Waals surface area (Å²) in [5.74, 6) is 3.59. The predicted molar refractivity (Wildman–Crippen MR) is 82.5 cm³/mol. The minimum atomic E-state index is 0.592. The number of nitrogens with zero attached hydrogens (tertiary/aromatic N) is 4. The molecule has 2 fully saturated rings. The van der Waals surface area contributed by atoms with E-state index >= 15 is 0 Å². The standard InChI is InChI=1S/C15H25N5/c1-16-13-11-14(18-15(17-13)12-5-6-12)19(2)9-10-20-7-3-4-8-20/h11-12H,3-10H2,1-2H3,(H,16,17,18). The first kappa shape index (κ1) is 13.6. The van der Waals surface area contributed by atoms with Crippen molar-refractivity contribution in [3.8, 4) is 0 Å². The Morgan fingerprint density at radius 1 is 1.30 bits per heavy atom. The molecular weight excluding hydrogens is 250 g/mol. The van der Waals surface area contributed by atoms with Crippen LogP contribution in [0.4, 0.5) is 11.6 Å². The molecule has 1 saturated carbocycles. The molecule has 0 amide bonds. The van der Waals surface area contributed by atoms with Crippen molar-refractivity contribution in [3.63, 3.8) is 0 Å². The van der Waals surface area contributed by atoms with E-state index in [4.69, 9.17) is 4.98 Å². The lowest BCUT2D eigenvalue weighted by Crippen LogP contribution is -2.32. The Balaban J connectivity index is 1.65. The zero-order valence-electron chi connectivity index (χ0n) is 12.6. The summed E-state index contributed by atoms with van der Waals surface area (Å²) in [5.41, 5.74) is 0. The van der Waals surface area contributed by atoms with Gasteiger partial charge in [0.05, 0.1) is 0 Å². The zero-order valence-corrected chi connectivity index (χ0v) is 12.6. The molecule has 2 heterocycles. The molecule has 1 aliphatic heterocycles. The highest BCUT2D eigenvalue weighted by atomic mass is 15.2. The fourth-order valence-electron chi connectivity index (χ4n) is 2.71. The van der Waals surface area contributed by atoms with Gasteiger partial charge in [-0.25, -0.2) is 9.97 Å². The second kappa shape index (κ2) is 5.95. The van der Waals surface area contributed by atoms with Crippen LogP contribution in [-0.2, 0) is 0 Å². The molecule has 1 aromatic rings. The van der Waals surface area contributed by atoms with Crippen LogP contribution in [0.1, 0.15) is 37.4 Å². The lowest BCUT2D eigenvalue weighted by Gasteiger charge is -2.23. The van der Waals surface area contributed by atoms with Crippen molar-refractivity contribution in [1.29, 1.82) is 0 Å². The summed E-state index contributed by atoms with van der Waals surface area (Å²) in [6.45, 7) is 4.68. The second-order valence-electron chi connectivity index (χ2n) is 5.96. The van der Waals surface area contributed by atoms with Crippen molar-refractivity contribution >= 4 is 11.6 Å². The van der Waals surface area contributed by atoms with Crippen LogP contribution < -0.4 is 10.2 Å². The molecule has 2 aliphatic rings. The molecule has 1 aliphatic carbocycles. The normalized spacial score (nSPS) is 19.3. The fourth-order valence-corrected chi connectivity index (χ4v) is 2.71. The Morgan fingerprint density at radius 2 is 2.05 bits per heavy atom. The van der Waals surface area contributed by atoms with Gasteiger partial charge in [0.1, 0.15) is 17.5 Å². The van der Waals surface area contributed by atoms with Crippen LogP contribution in [0.5, 0.6) is 0 Å². The average molecular weight is 275 g/mol. The van der Waals surface area contributed by atoms with Crippen LogP contribution in [0.25, 0.3) is 0 Å². The third-order valence-electron chi connectivity index (χ3n) is 4.27. The van der Waals surface area contributed by atoms with Gasteiger partial charge < -0.3 is 15.1 Å². The van der Waals surface area contributed by atoms with Gasteiger partial charge in [-0.15, -0.1) is 0 Å². The van der Waals surface area contributed by atoms with Gasteiger partial charge in [0.15, 0.2) is 0 Å². The fraction of sp³-hybridized carbons (Fsp3) is 0.733. The van der Waals surface area contributed by atoms with Crippen molar-refractivity contribution in [2.45, 2.75) is 31.6 Å². The summed E-state index contributed by atoms with van der Waals surface area (Å²) in [5, 5.41) is 3.15. The van der Waals surface area contributed by atoms with E-state index in [1.54, 1.807) is 0 Å². The first-order valence-corrected chi connectivity index (χ1v) is 7.76. The smallest absolute Gasteiger partial charge is 0.136 e. The number of rotatable bonds is 6. The third kappa shape index (κ3) is 3.20. The maximum atomic E-state index is 4.74. The van der Waals surface area contributed by atoms with Crippen LogP contribution in [0, 0.1) is 0 Å². The molecule has 5 nitrogen and oxygen atoms in total. The van der Waals surface area contributed by atoms with Crippen LogP contribution in [-0.4, -0.2) is 55.1 Å². The van der Waals surface area contributed by atoms with Crippen LogP contribution in [0.15, 0.2) is 6.07 Å². The molecular formula is C15H25N5. The van der Waals surface area contributed by atoms with Crippen LogP contribution in [0.2, 0.25) is 0 Å². The maximum absolute atomic E-state index is 4.74. The number of likely N-dealkylation sites (tertiary alicyclic amines) is 1. The van der Waals surface area contributed by atoms with Gasteiger partial charge in [0, 0.05) is 39.2 Å². The highest BCUT2D eigenvalue weighted by Crippen LogP contribution is 2.39. The second-order valence-corrected chi connectivity index (χ2v) is 5.96. The van der Waals surface area contributed by atoms with E-state index in [-0.39, 0.29) is 0 Å². The zero-order chi connectivity index (χ0) is 13.9.